The number of benzene rings is 1. The van der Waals surface area contributed by atoms with Crippen molar-refractivity contribution in [1.29, 1.82) is 0 Å². The van der Waals surface area contributed by atoms with Crippen LogP contribution in [0.2, 0.25) is 5.02 Å². The molecule has 0 unspecified atom stereocenters. The summed E-state index contributed by atoms with van der Waals surface area (Å²) in [5, 5.41) is 13.2. The molecule has 0 spiro atoms. The zero-order valence-electron chi connectivity index (χ0n) is 13.3. The molecule has 1 fully saturated rings. The van der Waals surface area contributed by atoms with Gasteiger partial charge in [0.2, 0.25) is 0 Å². The average molecular weight is 352 g/mol. The van der Waals surface area contributed by atoms with E-state index in [9.17, 15) is 9.18 Å². The maximum absolute atomic E-state index is 13.6. The van der Waals surface area contributed by atoms with E-state index in [0.717, 1.165) is 30.5 Å². The summed E-state index contributed by atoms with van der Waals surface area (Å²) < 4.78 is 13.6. The maximum atomic E-state index is 13.6. The normalized spacial score (nSPS) is 20.2. The second-order valence-corrected chi connectivity index (χ2v) is 6.47. The van der Waals surface area contributed by atoms with Crippen LogP contribution >= 0.6 is 11.6 Å². The molecule has 1 saturated carbocycles. The molecule has 0 aliphatic heterocycles. The van der Waals surface area contributed by atoms with Crippen molar-refractivity contribution >= 4 is 34.2 Å². The van der Waals surface area contributed by atoms with Crippen LogP contribution in [0.3, 0.4) is 0 Å². The number of likely N-dealkylation sites (N-methyl/N-ethyl adjacent to an activating group) is 1. The van der Waals surface area contributed by atoms with E-state index in [4.69, 9.17) is 16.7 Å². The Kier molecular flexibility index (Phi) is 4.87. The van der Waals surface area contributed by atoms with Crippen molar-refractivity contribution in [1.82, 2.24) is 9.88 Å². The minimum Gasteiger partial charge on any atom is -0.480 e. The number of carbonyl (C=O) groups is 1. The van der Waals surface area contributed by atoms with Crippen molar-refractivity contribution in [3.8, 4) is 0 Å². The molecule has 1 aromatic heterocycles. The number of nitrogens with one attached hydrogen (secondary N) is 1. The van der Waals surface area contributed by atoms with Crippen molar-refractivity contribution in [2.75, 3.05) is 18.4 Å². The summed E-state index contributed by atoms with van der Waals surface area (Å²) in [6.45, 7) is 2.76. The molecule has 0 atom stereocenters. The number of halogens is 2. The Morgan fingerprint density at radius 1 is 1.50 bits per heavy atom. The number of pyridine rings is 1. The fraction of sp³-hybridized carbons (Fsp3) is 0.412. The van der Waals surface area contributed by atoms with Crippen LogP contribution in [0.5, 0.6) is 0 Å². The summed E-state index contributed by atoms with van der Waals surface area (Å²) in [5.74, 6) is -1.28. The molecule has 0 saturated heterocycles. The van der Waals surface area contributed by atoms with Gasteiger partial charge in [-0.3, -0.25) is 14.7 Å². The lowest BCUT2D eigenvalue weighted by molar-refractivity contribution is -0.139. The van der Waals surface area contributed by atoms with Crippen LogP contribution in [0.25, 0.3) is 10.9 Å². The number of nitrogens with zero attached hydrogens (tertiary/aromatic N) is 2. The minimum absolute atomic E-state index is 0.0704. The second-order valence-electron chi connectivity index (χ2n) is 6.07. The third-order valence-electron chi connectivity index (χ3n) is 4.52. The van der Waals surface area contributed by atoms with E-state index in [-0.39, 0.29) is 23.7 Å². The predicted molar refractivity (Wildman–Crippen MR) is 92.0 cm³/mol. The Hall–Kier alpha value is -1.92. The van der Waals surface area contributed by atoms with Gasteiger partial charge >= 0.3 is 5.97 Å². The molecule has 1 heterocycles. The number of carboxylic acid groups (broad SMARTS) is 1. The molecule has 0 radical (unpaired) electrons. The molecule has 1 aromatic carbocycles. The first-order valence-electron chi connectivity index (χ1n) is 7.94. The zero-order valence-corrected chi connectivity index (χ0v) is 14.1. The Morgan fingerprint density at radius 3 is 2.92 bits per heavy atom. The fourth-order valence-electron chi connectivity index (χ4n) is 3.16. The first-order valence-corrected chi connectivity index (χ1v) is 8.32. The third kappa shape index (κ3) is 3.44. The molecule has 128 valence electrons. The topological polar surface area (TPSA) is 65.5 Å². The standard InChI is InChI=1S/C17H19ClFN3O2/c1-2-22(9-17(23)24)11-5-10(6-11)21-15-3-4-20-16-8-14(19)13(18)7-12(15)16/h3-4,7-8,10-11H,2,5-6,9H2,1H3,(H,20,21)(H,23,24). The molecule has 0 bridgehead atoms. The van der Waals surface area contributed by atoms with Crippen LogP contribution in [0.4, 0.5) is 10.1 Å². The number of rotatable bonds is 6. The highest BCUT2D eigenvalue weighted by Gasteiger charge is 2.33. The van der Waals surface area contributed by atoms with Crippen molar-refractivity contribution < 1.29 is 14.3 Å². The van der Waals surface area contributed by atoms with Gasteiger partial charge in [0.1, 0.15) is 5.82 Å². The van der Waals surface area contributed by atoms with Crippen LogP contribution in [-0.4, -0.2) is 46.1 Å². The fourth-order valence-corrected chi connectivity index (χ4v) is 3.33. The number of aliphatic carboxylic acids is 1. The number of fused-ring (bicyclic) bond motifs is 1. The molecule has 3 rings (SSSR count). The zero-order chi connectivity index (χ0) is 17.3. The number of aromatic nitrogens is 1. The van der Waals surface area contributed by atoms with E-state index in [0.29, 0.717) is 5.52 Å². The van der Waals surface area contributed by atoms with Crippen LogP contribution in [-0.2, 0) is 4.79 Å². The van der Waals surface area contributed by atoms with Crippen LogP contribution in [0.15, 0.2) is 24.4 Å². The highest BCUT2D eigenvalue weighted by Crippen LogP contribution is 2.32. The molecule has 24 heavy (non-hydrogen) atoms. The van der Waals surface area contributed by atoms with Gasteiger partial charge in [0, 0.05) is 35.4 Å². The number of anilines is 1. The largest absolute Gasteiger partial charge is 0.480 e. The van der Waals surface area contributed by atoms with Gasteiger partial charge in [-0.05, 0) is 31.5 Å². The van der Waals surface area contributed by atoms with Gasteiger partial charge in [0.25, 0.3) is 0 Å². The molecule has 2 aromatic rings. The van der Waals surface area contributed by atoms with Crippen LogP contribution in [0.1, 0.15) is 19.8 Å². The van der Waals surface area contributed by atoms with Crippen molar-refractivity contribution in [3.05, 3.63) is 35.2 Å². The van der Waals surface area contributed by atoms with Gasteiger partial charge < -0.3 is 10.4 Å². The van der Waals surface area contributed by atoms with Gasteiger partial charge in [-0.25, -0.2) is 4.39 Å². The smallest absolute Gasteiger partial charge is 0.317 e. The lowest BCUT2D eigenvalue weighted by atomic mass is 9.85. The molecule has 2 N–H and O–H groups in total. The molecule has 5 nitrogen and oxygen atoms in total. The van der Waals surface area contributed by atoms with Crippen molar-refractivity contribution in [3.63, 3.8) is 0 Å². The Labute approximate surface area is 144 Å². The lowest BCUT2D eigenvalue weighted by Crippen LogP contribution is -2.51. The summed E-state index contributed by atoms with van der Waals surface area (Å²) >= 11 is 5.88. The third-order valence-corrected chi connectivity index (χ3v) is 4.81. The van der Waals surface area contributed by atoms with E-state index in [1.807, 2.05) is 17.9 Å². The molecule has 1 aliphatic rings. The summed E-state index contributed by atoms with van der Waals surface area (Å²) in [6.07, 6.45) is 3.39. The molecule has 1 aliphatic carbocycles. The summed E-state index contributed by atoms with van der Waals surface area (Å²) in [7, 11) is 0. The minimum atomic E-state index is -0.801. The lowest BCUT2D eigenvalue weighted by Gasteiger charge is -2.42. The molecule has 0 amide bonds. The molecule has 7 heteroatoms. The SMILES string of the molecule is CCN(CC(=O)O)C1CC(Nc2ccnc3cc(F)c(Cl)cc23)C1. The average Bonchev–Trinajstić information content (AvgIpc) is 2.50. The summed E-state index contributed by atoms with van der Waals surface area (Å²) in [4.78, 5) is 17.0. The number of carboxylic acids is 1. The van der Waals surface area contributed by atoms with Crippen molar-refractivity contribution in [2.24, 2.45) is 0 Å². The van der Waals surface area contributed by atoms with Gasteiger partial charge in [0.05, 0.1) is 17.1 Å². The quantitative estimate of drug-likeness (QED) is 0.835. The predicted octanol–water partition coefficient (Wildman–Crippen LogP) is 3.38. The second kappa shape index (κ2) is 6.91. The summed E-state index contributed by atoms with van der Waals surface area (Å²) in [6, 6.07) is 5.29. The Morgan fingerprint density at radius 2 is 2.25 bits per heavy atom. The van der Waals surface area contributed by atoms with Gasteiger partial charge in [0.15, 0.2) is 0 Å². The van der Waals surface area contributed by atoms with E-state index >= 15 is 0 Å². The number of hydrogen-bond donors (Lipinski definition) is 2. The van der Waals surface area contributed by atoms with Crippen molar-refractivity contribution in [2.45, 2.75) is 31.8 Å². The van der Waals surface area contributed by atoms with Gasteiger partial charge in [-0.15, -0.1) is 0 Å². The Bertz CT molecular complexity index is 765. The van der Waals surface area contributed by atoms with E-state index in [1.54, 1.807) is 12.3 Å². The van der Waals surface area contributed by atoms with E-state index < -0.39 is 11.8 Å². The summed E-state index contributed by atoms with van der Waals surface area (Å²) in [5.41, 5.74) is 1.42. The van der Waals surface area contributed by atoms with Crippen LogP contribution in [0, 0.1) is 5.82 Å². The first kappa shape index (κ1) is 16.9. The Balaban J connectivity index is 1.69. The maximum Gasteiger partial charge on any atom is 0.317 e. The highest BCUT2D eigenvalue weighted by molar-refractivity contribution is 6.31. The molecular formula is C17H19ClFN3O2. The van der Waals surface area contributed by atoms with E-state index in [1.165, 1.54) is 6.07 Å². The van der Waals surface area contributed by atoms with Crippen LogP contribution < -0.4 is 5.32 Å². The van der Waals surface area contributed by atoms with Gasteiger partial charge in [-0.2, -0.15) is 0 Å². The highest BCUT2D eigenvalue weighted by atomic mass is 35.5. The van der Waals surface area contributed by atoms with Gasteiger partial charge in [-0.1, -0.05) is 18.5 Å². The molecular weight excluding hydrogens is 333 g/mol. The monoisotopic (exact) mass is 351 g/mol. The number of hydrogen-bond acceptors (Lipinski definition) is 4. The first-order chi connectivity index (χ1) is 11.5. The van der Waals surface area contributed by atoms with E-state index in [2.05, 4.69) is 10.3 Å².